The number of rotatable bonds is 3. The van der Waals surface area contributed by atoms with E-state index in [-0.39, 0.29) is 12.2 Å². The van der Waals surface area contributed by atoms with Crippen molar-refractivity contribution in [1.82, 2.24) is 0 Å². The van der Waals surface area contributed by atoms with E-state index < -0.39 is 17.7 Å². The first-order valence-corrected chi connectivity index (χ1v) is 6.63. The Morgan fingerprint density at radius 3 is 2.81 bits per heavy atom. The predicted molar refractivity (Wildman–Crippen MR) is 71.0 cm³/mol. The van der Waals surface area contributed by atoms with E-state index in [4.69, 9.17) is 9.84 Å². The minimum Gasteiger partial charge on any atom is -0.493 e. The number of aliphatic carboxylic acids is 1. The third-order valence-corrected chi connectivity index (χ3v) is 3.25. The van der Waals surface area contributed by atoms with E-state index in [1.54, 1.807) is 6.08 Å². The fourth-order valence-electron chi connectivity index (χ4n) is 2.24. The summed E-state index contributed by atoms with van der Waals surface area (Å²) in [5, 5.41) is 8.64. The van der Waals surface area contributed by atoms with Gasteiger partial charge >= 0.3 is 12.1 Å². The second kappa shape index (κ2) is 6.20. The Labute approximate surface area is 120 Å². The molecule has 1 aromatic rings. The van der Waals surface area contributed by atoms with Crippen molar-refractivity contribution >= 4 is 11.5 Å². The van der Waals surface area contributed by atoms with Gasteiger partial charge in [0.2, 0.25) is 0 Å². The Morgan fingerprint density at radius 1 is 1.38 bits per heavy atom. The lowest BCUT2D eigenvalue weighted by Crippen LogP contribution is -2.06. The van der Waals surface area contributed by atoms with Crippen LogP contribution < -0.4 is 4.74 Å². The van der Waals surface area contributed by atoms with Crippen molar-refractivity contribution in [2.75, 3.05) is 6.61 Å². The van der Waals surface area contributed by atoms with Gasteiger partial charge in [0.1, 0.15) is 5.75 Å². The number of hydrogen-bond acceptors (Lipinski definition) is 2. The summed E-state index contributed by atoms with van der Waals surface area (Å²) < 4.78 is 43.5. The number of carbonyl (C=O) groups is 1. The van der Waals surface area contributed by atoms with Gasteiger partial charge in [0, 0.05) is 12.0 Å². The average Bonchev–Trinajstić information content (AvgIpc) is 2.59. The van der Waals surface area contributed by atoms with E-state index in [2.05, 4.69) is 0 Å². The lowest BCUT2D eigenvalue weighted by atomic mass is 9.98. The molecule has 0 saturated heterocycles. The highest BCUT2D eigenvalue weighted by atomic mass is 19.4. The molecule has 1 aromatic carbocycles. The van der Waals surface area contributed by atoms with Crippen LogP contribution in [0.1, 0.15) is 36.8 Å². The van der Waals surface area contributed by atoms with Gasteiger partial charge in [0.05, 0.1) is 12.2 Å². The molecule has 0 saturated carbocycles. The van der Waals surface area contributed by atoms with Gasteiger partial charge in [-0.05, 0) is 37.0 Å². The summed E-state index contributed by atoms with van der Waals surface area (Å²) in [4.78, 5) is 10.5. The predicted octanol–water partition coefficient (Wildman–Crippen LogP) is 4.13. The molecule has 0 aromatic heterocycles. The molecule has 1 heterocycles. The van der Waals surface area contributed by atoms with Crippen molar-refractivity contribution in [3.63, 3.8) is 0 Å². The van der Waals surface area contributed by atoms with Gasteiger partial charge in [-0.3, -0.25) is 4.79 Å². The van der Waals surface area contributed by atoms with Crippen LogP contribution in [0.2, 0.25) is 0 Å². The zero-order chi connectivity index (χ0) is 15.5. The molecule has 114 valence electrons. The molecule has 0 bridgehead atoms. The highest BCUT2D eigenvalue weighted by Crippen LogP contribution is 2.38. The van der Waals surface area contributed by atoms with E-state index in [0.717, 1.165) is 17.7 Å². The first-order chi connectivity index (χ1) is 9.88. The molecule has 2 rings (SSSR count). The number of halogens is 3. The van der Waals surface area contributed by atoms with Crippen molar-refractivity contribution in [2.45, 2.75) is 31.9 Å². The lowest BCUT2D eigenvalue weighted by Gasteiger charge is -2.13. The molecule has 3 nitrogen and oxygen atoms in total. The Morgan fingerprint density at radius 2 is 2.14 bits per heavy atom. The van der Waals surface area contributed by atoms with E-state index in [1.807, 2.05) is 0 Å². The Hall–Kier alpha value is -1.98. The Kier molecular flexibility index (Phi) is 4.55. The minimum absolute atomic E-state index is 0.000323. The number of carboxylic acid groups (broad SMARTS) is 1. The summed E-state index contributed by atoms with van der Waals surface area (Å²) in [6.07, 6.45) is -0.925. The Bertz CT molecular complexity index is 562. The van der Waals surface area contributed by atoms with Crippen LogP contribution in [-0.2, 0) is 11.0 Å². The molecule has 0 atom stereocenters. The lowest BCUT2D eigenvalue weighted by molar-refractivity contribution is -0.138. The molecule has 0 unspecified atom stereocenters. The molecule has 0 spiro atoms. The summed E-state index contributed by atoms with van der Waals surface area (Å²) in [6, 6.07) is 3.43. The molecular weight excluding hydrogens is 285 g/mol. The van der Waals surface area contributed by atoms with E-state index in [1.165, 1.54) is 6.07 Å². The van der Waals surface area contributed by atoms with Crippen LogP contribution in [0, 0.1) is 0 Å². The van der Waals surface area contributed by atoms with E-state index in [9.17, 15) is 18.0 Å². The van der Waals surface area contributed by atoms with Crippen LogP contribution in [0.15, 0.2) is 24.3 Å². The fraction of sp³-hybridized carbons (Fsp3) is 0.400. The Balaban J connectivity index is 2.31. The topological polar surface area (TPSA) is 46.5 Å². The molecule has 1 N–H and O–H groups in total. The van der Waals surface area contributed by atoms with Gasteiger partial charge < -0.3 is 9.84 Å². The van der Waals surface area contributed by atoms with Crippen LogP contribution in [0.3, 0.4) is 0 Å². The fourth-order valence-corrected chi connectivity index (χ4v) is 2.24. The maximum absolute atomic E-state index is 12.7. The molecular formula is C15H15F3O3. The largest absolute Gasteiger partial charge is 0.493 e. The van der Waals surface area contributed by atoms with Crippen LogP contribution in [0.5, 0.6) is 5.75 Å². The van der Waals surface area contributed by atoms with Crippen LogP contribution >= 0.6 is 0 Å². The number of alkyl halides is 3. The molecule has 0 aliphatic carbocycles. The molecule has 1 aliphatic rings. The van der Waals surface area contributed by atoms with Gasteiger partial charge in [-0.25, -0.2) is 0 Å². The van der Waals surface area contributed by atoms with Gasteiger partial charge in [-0.2, -0.15) is 13.2 Å². The highest BCUT2D eigenvalue weighted by molar-refractivity contribution is 5.72. The summed E-state index contributed by atoms with van der Waals surface area (Å²) in [5.41, 5.74) is 0.719. The zero-order valence-corrected chi connectivity index (χ0v) is 11.2. The first-order valence-electron chi connectivity index (χ1n) is 6.63. The van der Waals surface area contributed by atoms with Crippen LogP contribution in [0.4, 0.5) is 13.2 Å². The van der Waals surface area contributed by atoms with E-state index >= 15 is 0 Å². The normalized spacial score (nSPS) is 17.0. The molecule has 6 heteroatoms. The van der Waals surface area contributed by atoms with Crippen molar-refractivity contribution < 1.29 is 27.8 Å². The van der Waals surface area contributed by atoms with Gasteiger partial charge in [0.15, 0.2) is 0 Å². The monoisotopic (exact) mass is 300 g/mol. The summed E-state index contributed by atoms with van der Waals surface area (Å²) >= 11 is 0. The smallest absolute Gasteiger partial charge is 0.416 e. The highest BCUT2D eigenvalue weighted by Gasteiger charge is 2.31. The number of ether oxygens (including phenoxy) is 1. The first kappa shape index (κ1) is 15.4. The standard InChI is InChI=1S/C15H15F3O3/c16-15(17,18)11-6-7-12-10(3-1-5-14(19)20)4-2-8-21-13(12)9-11/h3,6-7,9H,1-2,4-5,8H2,(H,19,20). The van der Waals surface area contributed by atoms with Gasteiger partial charge in [-0.1, -0.05) is 12.1 Å². The van der Waals surface area contributed by atoms with Crippen molar-refractivity contribution in [3.8, 4) is 5.75 Å². The van der Waals surface area contributed by atoms with Crippen molar-refractivity contribution in [3.05, 3.63) is 35.4 Å². The van der Waals surface area contributed by atoms with Crippen molar-refractivity contribution in [1.29, 1.82) is 0 Å². The number of hydrogen-bond donors (Lipinski definition) is 1. The number of benzene rings is 1. The third kappa shape index (κ3) is 4.00. The van der Waals surface area contributed by atoms with Crippen molar-refractivity contribution in [2.24, 2.45) is 0 Å². The number of allylic oxidation sites excluding steroid dienone is 2. The third-order valence-electron chi connectivity index (χ3n) is 3.25. The van der Waals surface area contributed by atoms with Gasteiger partial charge in [0.25, 0.3) is 0 Å². The van der Waals surface area contributed by atoms with E-state index in [0.29, 0.717) is 31.4 Å². The molecule has 21 heavy (non-hydrogen) atoms. The molecule has 0 fully saturated rings. The van der Waals surface area contributed by atoms with Gasteiger partial charge in [-0.15, -0.1) is 0 Å². The molecule has 1 aliphatic heterocycles. The summed E-state index contributed by atoms with van der Waals surface area (Å²) in [5.74, 6) is -0.687. The average molecular weight is 300 g/mol. The summed E-state index contributed by atoms with van der Waals surface area (Å²) in [7, 11) is 0. The summed E-state index contributed by atoms with van der Waals surface area (Å²) in [6.45, 7) is 0.352. The van der Waals surface area contributed by atoms with Crippen LogP contribution in [0.25, 0.3) is 5.57 Å². The maximum Gasteiger partial charge on any atom is 0.416 e. The van der Waals surface area contributed by atoms with Crippen LogP contribution in [-0.4, -0.2) is 17.7 Å². The second-order valence-corrected chi connectivity index (χ2v) is 4.82. The number of fused-ring (bicyclic) bond motifs is 1. The molecule has 0 amide bonds. The zero-order valence-electron chi connectivity index (χ0n) is 11.2. The maximum atomic E-state index is 12.7. The quantitative estimate of drug-likeness (QED) is 0.913. The minimum atomic E-state index is -4.40. The molecule has 0 radical (unpaired) electrons. The number of carboxylic acids is 1. The SMILES string of the molecule is O=C(O)CCC=C1CCCOc2cc(C(F)(F)F)ccc21. The second-order valence-electron chi connectivity index (χ2n) is 4.82.